The van der Waals surface area contributed by atoms with Gasteiger partial charge in [0.25, 0.3) is 0 Å². The summed E-state index contributed by atoms with van der Waals surface area (Å²) in [4.78, 5) is 11.3. The number of methoxy groups -OCH3 is 2. The van der Waals surface area contributed by atoms with Gasteiger partial charge in [-0.05, 0) is 54.4 Å². The number of hydrogen-bond donors (Lipinski definition) is 0. The molecule has 5 aromatic rings. The summed E-state index contributed by atoms with van der Waals surface area (Å²) in [5.74, 6) is -2.87. The molecule has 2 aliphatic rings. The molecular weight excluding hydrogens is 619 g/mol. The number of benzene rings is 5. The van der Waals surface area contributed by atoms with E-state index in [1.165, 1.54) is 35.1 Å². The van der Waals surface area contributed by atoms with Crippen LogP contribution in [0.5, 0.6) is 0 Å². The predicted octanol–water partition coefficient (Wildman–Crippen LogP) is 9.49. The predicted molar refractivity (Wildman–Crippen MR) is 201 cm³/mol. The molecule has 2 aliphatic carbocycles. The van der Waals surface area contributed by atoms with Gasteiger partial charge < -0.3 is 4.74 Å². The molecule has 0 bridgehead atoms. The van der Waals surface area contributed by atoms with Crippen LogP contribution in [-0.2, 0) is 22.3 Å². The maximum atomic E-state index is 11.3. The first-order chi connectivity index (χ1) is 23.0. The Labute approximate surface area is 285 Å². The number of halogens is 1. The van der Waals surface area contributed by atoms with Gasteiger partial charge in [-0.1, -0.05) is 48.5 Å². The number of allylic oxidation sites excluding steroid dienone is 1. The molecule has 242 valence electrons. The van der Waals surface area contributed by atoms with Gasteiger partial charge >= 0.3 is 142 Å². The maximum Gasteiger partial charge on any atom is 0.163 e. The second-order valence-electron chi connectivity index (χ2n) is 11.9. The van der Waals surface area contributed by atoms with E-state index in [9.17, 15) is 4.79 Å². The summed E-state index contributed by atoms with van der Waals surface area (Å²) in [6, 6.07) is 47.5. The average molecular weight is 663 g/mol. The summed E-state index contributed by atoms with van der Waals surface area (Å²) in [5, 5.41) is 3.37. The Morgan fingerprint density at radius 1 is 0.574 bits per heavy atom. The molecule has 0 spiro atoms. The van der Waals surface area contributed by atoms with Crippen LogP contribution in [0.2, 0.25) is 0 Å². The molecule has 47 heavy (non-hydrogen) atoms. The Bertz CT molecular complexity index is 1670. The van der Waals surface area contributed by atoms with Gasteiger partial charge in [0.15, 0.2) is 5.78 Å². The van der Waals surface area contributed by atoms with Gasteiger partial charge in [-0.3, -0.25) is 4.79 Å². The molecule has 0 heterocycles. The van der Waals surface area contributed by atoms with Crippen molar-refractivity contribution in [3.8, 4) is 0 Å². The van der Waals surface area contributed by atoms with E-state index in [2.05, 4.69) is 60.7 Å². The van der Waals surface area contributed by atoms with Crippen molar-refractivity contribution >= 4 is 44.5 Å². The third kappa shape index (κ3) is 7.60. The SMILES string of the molecule is CO/C=C1/CCCc2ccccc21.COCP(Cl)(c1ccccc1)(c1ccccc1)c1ccccc1.O=C1CCCc2ccccc21. The number of carbonyl (C=O) groups is 1. The fourth-order valence-corrected chi connectivity index (χ4v) is 12.1. The van der Waals surface area contributed by atoms with Crippen LogP contribution in [0.1, 0.15) is 52.7 Å². The molecule has 0 radical (unpaired) electrons. The first-order valence-corrected chi connectivity index (χ1v) is 19.6. The minimum Gasteiger partial charge on any atom is -0.294 e. The van der Waals surface area contributed by atoms with Gasteiger partial charge in [0.1, 0.15) is 0 Å². The van der Waals surface area contributed by atoms with Crippen molar-refractivity contribution < 1.29 is 14.3 Å². The van der Waals surface area contributed by atoms with Crippen molar-refractivity contribution in [2.24, 2.45) is 0 Å². The van der Waals surface area contributed by atoms with E-state index in [1.54, 1.807) is 14.2 Å². The minimum absolute atomic E-state index is 0.312. The number of hydrogen-bond acceptors (Lipinski definition) is 3. The van der Waals surface area contributed by atoms with E-state index in [-0.39, 0.29) is 0 Å². The van der Waals surface area contributed by atoms with Crippen molar-refractivity contribution in [2.75, 3.05) is 20.6 Å². The molecule has 0 aliphatic heterocycles. The molecule has 0 atom stereocenters. The molecule has 0 saturated heterocycles. The van der Waals surface area contributed by atoms with Gasteiger partial charge in [-0.25, -0.2) is 0 Å². The van der Waals surface area contributed by atoms with E-state index >= 15 is 0 Å². The van der Waals surface area contributed by atoms with Crippen LogP contribution in [0.4, 0.5) is 0 Å². The third-order valence-electron chi connectivity index (χ3n) is 8.94. The Balaban J connectivity index is 0.000000152. The normalized spacial score (nSPS) is 15.3. The first-order valence-electron chi connectivity index (χ1n) is 16.3. The number of ketones is 1. The molecule has 0 fully saturated rings. The van der Waals surface area contributed by atoms with E-state index in [0.29, 0.717) is 12.1 Å². The van der Waals surface area contributed by atoms with Crippen molar-refractivity contribution in [2.45, 2.75) is 38.5 Å². The maximum absolute atomic E-state index is 11.3. The molecular formula is C42H44ClO3P. The fraction of sp³-hybridized carbons (Fsp3) is 0.214. The van der Waals surface area contributed by atoms with E-state index in [0.717, 1.165) is 47.2 Å². The zero-order chi connectivity index (χ0) is 33.0. The number of aryl methyl sites for hydroxylation is 2. The largest absolute Gasteiger partial charge is 0.294 e. The van der Waals surface area contributed by atoms with Gasteiger partial charge in [-0.15, -0.1) is 0 Å². The molecule has 0 N–H and O–H groups in total. The molecule has 5 aromatic carbocycles. The summed E-state index contributed by atoms with van der Waals surface area (Å²) in [6.45, 7) is 0. The minimum atomic E-state index is -3.18. The number of carbonyl (C=O) groups excluding carboxylic acids is 1. The summed E-state index contributed by atoms with van der Waals surface area (Å²) in [6.07, 6.45) is 8.76. The van der Waals surface area contributed by atoms with Crippen LogP contribution in [0, 0.1) is 0 Å². The molecule has 5 heteroatoms. The van der Waals surface area contributed by atoms with E-state index < -0.39 is 5.96 Å². The molecule has 3 nitrogen and oxygen atoms in total. The van der Waals surface area contributed by atoms with E-state index in [1.807, 2.05) is 85.1 Å². The van der Waals surface area contributed by atoms with Gasteiger partial charge in [0, 0.05) is 12.0 Å². The van der Waals surface area contributed by atoms with E-state index in [4.69, 9.17) is 20.7 Å². The van der Waals surface area contributed by atoms with Crippen molar-refractivity contribution in [1.82, 2.24) is 0 Å². The van der Waals surface area contributed by atoms with Crippen molar-refractivity contribution in [3.05, 3.63) is 168 Å². The monoisotopic (exact) mass is 662 g/mol. The standard InChI is InChI=1S/C20H20ClOP.C12H14O.C10H10O/c1-22-17-23(21,18-11-5-2-6-12-18,19-13-7-3-8-14-19)20-15-9-4-10-16-20;1-13-9-11-7-4-6-10-5-2-3-8-12(10)11;11-10-7-3-5-8-4-1-2-6-9(8)10/h2-16H,17H2,1H3;2-3,5,8-9H,4,6-7H2,1H3;1-2,4,6H,3,5,7H2/b;11-9-;. The fourth-order valence-electron chi connectivity index (χ4n) is 6.63. The summed E-state index contributed by atoms with van der Waals surface area (Å²) >= 11 is 7.68. The molecule has 0 amide bonds. The number of rotatable bonds is 6. The second-order valence-corrected chi connectivity index (χ2v) is 18.3. The van der Waals surface area contributed by atoms with Gasteiger partial charge in [-0.2, -0.15) is 0 Å². The smallest absolute Gasteiger partial charge is 0.163 e. The summed E-state index contributed by atoms with van der Waals surface area (Å²) < 4.78 is 10.8. The first kappa shape index (κ1) is 34.3. The van der Waals surface area contributed by atoms with Crippen molar-refractivity contribution in [3.63, 3.8) is 0 Å². The van der Waals surface area contributed by atoms with Gasteiger partial charge in [0.2, 0.25) is 0 Å². The number of ether oxygens (including phenoxy) is 2. The van der Waals surface area contributed by atoms with Crippen LogP contribution >= 0.6 is 17.2 Å². The van der Waals surface area contributed by atoms with Crippen molar-refractivity contribution in [1.29, 1.82) is 0 Å². The second kappa shape index (κ2) is 16.2. The van der Waals surface area contributed by atoms with Crippen LogP contribution in [-0.4, -0.2) is 26.4 Å². The topological polar surface area (TPSA) is 35.5 Å². The Morgan fingerprint density at radius 2 is 1.00 bits per heavy atom. The Kier molecular flexibility index (Phi) is 11.8. The molecule has 7 rings (SSSR count). The van der Waals surface area contributed by atoms with Crippen LogP contribution in [0.3, 0.4) is 0 Å². The molecule has 0 aromatic heterocycles. The Morgan fingerprint density at radius 3 is 1.47 bits per heavy atom. The third-order valence-corrected chi connectivity index (χ3v) is 15.9. The van der Waals surface area contributed by atoms with Crippen LogP contribution < -0.4 is 15.9 Å². The van der Waals surface area contributed by atoms with Crippen LogP contribution in [0.25, 0.3) is 5.57 Å². The number of fused-ring (bicyclic) bond motifs is 2. The zero-order valence-corrected chi connectivity index (χ0v) is 29.0. The van der Waals surface area contributed by atoms with Crippen LogP contribution in [0.15, 0.2) is 146 Å². The molecule has 0 unspecified atom stereocenters. The molecule has 0 saturated carbocycles. The Hall–Kier alpha value is -4.01. The zero-order valence-electron chi connectivity index (χ0n) is 27.4. The summed E-state index contributed by atoms with van der Waals surface area (Å²) in [7, 11) is 3.43. The quantitative estimate of drug-likeness (QED) is 0.134. The van der Waals surface area contributed by atoms with Gasteiger partial charge in [0.05, 0.1) is 13.4 Å². The average Bonchev–Trinajstić information content (AvgIpc) is 3.14. The number of Topliss-reactive ketones (excluding diaryl/α,β-unsaturated/α-hetero) is 1. The summed E-state index contributed by atoms with van der Waals surface area (Å²) in [5.41, 5.74) is 6.33.